The molecule has 0 saturated carbocycles. The standard InChI is InChI=1S/C7H16O4/c1-9-3-4-11-6-7(8)5-10-2/h7-8H,3-6H2,1-2H3. The first-order valence-electron chi connectivity index (χ1n) is 3.55. The van der Waals surface area contributed by atoms with Crippen molar-refractivity contribution in [3.8, 4) is 0 Å². The van der Waals surface area contributed by atoms with Crippen LogP contribution in [0.5, 0.6) is 0 Å². The fourth-order valence-electron chi connectivity index (χ4n) is 0.602. The van der Waals surface area contributed by atoms with E-state index in [-0.39, 0.29) is 0 Å². The van der Waals surface area contributed by atoms with E-state index >= 15 is 0 Å². The van der Waals surface area contributed by atoms with Gasteiger partial charge in [0.05, 0.1) is 26.4 Å². The highest BCUT2D eigenvalue weighted by molar-refractivity contribution is 4.49. The Labute approximate surface area is 67.1 Å². The lowest BCUT2D eigenvalue weighted by Gasteiger charge is -2.09. The van der Waals surface area contributed by atoms with Crippen LogP contribution in [0, 0.1) is 0 Å². The highest BCUT2D eigenvalue weighted by Crippen LogP contribution is 1.85. The van der Waals surface area contributed by atoms with Crippen LogP contribution in [-0.4, -0.2) is 51.9 Å². The van der Waals surface area contributed by atoms with Crippen LogP contribution in [0.15, 0.2) is 0 Å². The highest BCUT2D eigenvalue weighted by Gasteiger charge is 2.01. The van der Waals surface area contributed by atoms with Gasteiger partial charge in [-0.25, -0.2) is 0 Å². The lowest BCUT2D eigenvalue weighted by Crippen LogP contribution is -2.21. The molecule has 0 aliphatic heterocycles. The average molecular weight is 164 g/mol. The monoisotopic (exact) mass is 164 g/mol. The second kappa shape index (κ2) is 7.94. The van der Waals surface area contributed by atoms with E-state index in [1.54, 1.807) is 14.2 Å². The van der Waals surface area contributed by atoms with Crippen molar-refractivity contribution in [2.24, 2.45) is 0 Å². The number of rotatable bonds is 7. The van der Waals surface area contributed by atoms with Crippen molar-refractivity contribution >= 4 is 0 Å². The molecule has 0 rings (SSSR count). The average Bonchev–Trinajstić information content (AvgIpc) is 1.99. The van der Waals surface area contributed by atoms with Gasteiger partial charge in [-0.15, -0.1) is 0 Å². The van der Waals surface area contributed by atoms with Crippen molar-refractivity contribution in [3.05, 3.63) is 0 Å². The molecule has 0 fully saturated rings. The Bertz CT molecular complexity index is 76.8. The molecule has 4 heteroatoms. The van der Waals surface area contributed by atoms with Crippen LogP contribution in [0.25, 0.3) is 0 Å². The third-order valence-corrected chi connectivity index (χ3v) is 1.10. The molecule has 0 radical (unpaired) electrons. The summed E-state index contributed by atoms with van der Waals surface area (Å²) in [7, 11) is 3.15. The van der Waals surface area contributed by atoms with Crippen molar-refractivity contribution in [1.82, 2.24) is 0 Å². The second-order valence-corrected chi connectivity index (χ2v) is 2.18. The zero-order valence-corrected chi connectivity index (χ0v) is 7.08. The van der Waals surface area contributed by atoms with E-state index in [2.05, 4.69) is 0 Å². The van der Waals surface area contributed by atoms with Crippen LogP contribution in [0.1, 0.15) is 0 Å². The summed E-state index contributed by atoms with van der Waals surface area (Å²) in [6.45, 7) is 1.68. The predicted molar refractivity (Wildman–Crippen MR) is 40.6 cm³/mol. The van der Waals surface area contributed by atoms with Crippen LogP contribution < -0.4 is 0 Å². The molecule has 4 nitrogen and oxygen atoms in total. The van der Waals surface area contributed by atoms with Gasteiger partial charge in [0, 0.05) is 14.2 Å². The Morgan fingerprint density at radius 2 is 1.82 bits per heavy atom. The molecule has 1 atom stereocenters. The van der Waals surface area contributed by atoms with Crippen LogP contribution in [0.2, 0.25) is 0 Å². The number of aliphatic hydroxyl groups is 1. The fraction of sp³-hybridized carbons (Fsp3) is 1.00. The van der Waals surface area contributed by atoms with Crippen LogP contribution in [0.4, 0.5) is 0 Å². The first-order valence-corrected chi connectivity index (χ1v) is 3.55. The summed E-state index contributed by atoms with van der Waals surface area (Å²) in [5, 5.41) is 9.06. The first kappa shape index (κ1) is 10.8. The summed E-state index contributed by atoms with van der Waals surface area (Å²) in [6.07, 6.45) is -0.531. The van der Waals surface area contributed by atoms with E-state index in [9.17, 15) is 0 Å². The minimum absolute atomic E-state index is 0.303. The number of hydrogen-bond donors (Lipinski definition) is 1. The SMILES string of the molecule is COCCOCC(O)COC. The Morgan fingerprint density at radius 1 is 1.09 bits per heavy atom. The molecule has 0 bridgehead atoms. The summed E-state index contributed by atoms with van der Waals surface area (Å²) in [4.78, 5) is 0. The van der Waals surface area contributed by atoms with Crippen molar-refractivity contribution in [2.45, 2.75) is 6.10 Å². The molecule has 1 unspecified atom stereocenters. The van der Waals surface area contributed by atoms with Gasteiger partial charge in [-0.05, 0) is 0 Å². The second-order valence-electron chi connectivity index (χ2n) is 2.18. The normalized spacial score (nSPS) is 13.4. The van der Waals surface area contributed by atoms with E-state index in [1.807, 2.05) is 0 Å². The van der Waals surface area contributed by atoms with Crippen molar-refractivity contribution in [2.75, 3.05) is 40.6 Å². The van der Waals surface area contributed by atoms with Crippen LogP contribution in [0.3, 0.4) is 0 Å². The van der Waals surface area contributed by atoms with E-state index in [0.717, 1.165) is 0 Å². The molecular formula is C7H16O4. The molecule has 0 aromatic rings. The lowest BCUT2D eigenvalue weighted by atomic mass is 10.4. The molecule has 68 valence electrons. The van der Waals surface area contributed by atoms with Crippen molar-refractivity contribution in [1.29, 1.82) is 0 Å². The van der Waals surface area contributed by atoms with Gasteiger partial charge in [0.2, 0.25) is 0 Å². The molecule has 0 heterocycles. The summed E-state index contributed by atoms with van der Waals surface area (Å²) in [6, 6.07) is 0. The minimum Gasteiger partial charge on any atom is -0.388 e. The maximum Gasteiger partial charge on any atom is 0.101 e. The molecule has 0 amide bonds. The van der Waals surface area contributed by atoms with Gasteiger partial charge in [-0.3, -0.25) is 0 Å². The van der Waals surface area contributed by atoms with Crippen molar-refractivity contribution in [3.63, 3.8) is 0 Å². The molecule has 0 aromatic heterocycles. The van der Waals surface area contributed by atoms with E-state index in [1.165, 1.54) is 0 Å². The van der Waals surface area contributed by atoms with Crippen LogP contribution >= 0.6 is 0 Å². The van der Waals surface area contributed by atoms with E-state index in [4.69, 9.17) is 19.3 Å². The molecule has 0 spiro atoms. The lowest BCUT2D eigenvalue weighted by molar-refractivity contribution is -0.0180. The maximum atomic E-state index is 9.06. The number of aliphatic hydroxyl groups excluding tert-OH is 1. The Balaban J connectivity index is 2.97. The van der Waals surface area contributed by atoms with Crippen molar-refractivity contribution < 1.29 is 19.3 Å². The third kappa shape index (κ3) is 7.74. The quantitative estimate of drug-likeness (QED) is 0.523. The zero-order valence-electron chi connectivity index (χ0n) is 7.08. The van der Waals surface area contributed by atoms with E-state index in [0.29, 0.717) is 26.4 Å². The number of ether oxygens (including phenoxy) is 3. The largest absolute Gasteiger partial charge is 0.388 e. The maximum absolute atomic E-state index is 9.06. The molecule has 11 heavy (non-hydrogen) atoms. The van der Waals surface area contributed by atoms with Gasteiger partial charge < -0.3 is 19.3 Å². The van der Waals surface area contributed by atoms with Gasteiger partial charge in [-0.2, -0.15) is 0 Å². The van der Waals surface area contributed by atoms with Crippen LogP contribution in [-0.2, 0) is 14.2 Å². The molecule has 0 aliphatic carbocycles. The number of hydrogen-bond acceptors (Lipinski definition) is 4. The molecule has 0 aliphatic rings. The summed E-state index contributed by atoms with van der Waals surface area (Å²) in [5.41, 5.74) is 0. The topological polar surface area (TPSA) is 47.9 Å². The summed E-state index contributed by atoms with van der Waals surface area (Å²) < 4.78 is 14.5. The van der Waals surface area contributed by atoms with Gasteiger partial charge in [0.15, 0.2) is 0 Å². The van der Waals surface area contributed by atoms with Gasteiger partial charge in [-0.1, -0.05) is 0 Å². The van der Waals surface area contributed by atoms with Gasteiger partial charge >= 0.3 is 0 Å². The number of methoxy groups -OCH3 is 2. The van der Waals surface area contributed by atoms with Gasteiger partial charge in [0.1, 0.15) is 6.10 Å². The molecular weight excluding hydrogens is 148 g/mol. The molecule has 1 N–H and O–H groups in total. The summed E-state index contributed by atoms with van der Waals surface area (Å²) in [5.74, 6) is 0. The fourth-order valence-corrected chi connectivity index (χ4v) is 0.602. The Morgan fingerprint density at radius 3 is 2.36 bits per heavy atom. The van der Waals surface area contributed by atoms with Gasteiger partial charge in [0.25, 0.3) is 0 Å². The minimum atomic E-state index is -0.531. The predicted octanol–water partition coefficient (Wildman–Crippen LogP) is -0.343. The first-order chi connectivity index (χ1) is 5.31. The molecule has 0 saturated heterocycles. The highest BCUT2D eigenvalue weighted by atomic mass is 16.5. The Hall–Kier alpha value is -0.160. The smallest absolute Gasteiger partial charge is 0.101 e. The Kier molecular flexibility index (Phi) is 7.83. The zero-order chi connectivity index (χ0) is 8.53. The van der Waals surface area contributed by atoms with E-state index < -0.39 is 6.10 Å². The summed E-state index contributed by atoms with van der Waals surface area (Å²) >= 11 is 0. The third-order valence-electron chi connectivity index (χ3n) is 1.10. The molecule has 0 aromatic carbocycles.